The average Bonchev–Trinajstić information content (AvgIpc) is 2.91. The van der Waals surface area contributed by atoms with Gasteiger partial charge in [-0.1, -0.05) is 25.7 Å². The Labute approximate surface area is 143 Å². The van der Waals surface area contributed by atoms with Gasteiger partial charge >= 0.3 is 0 Å². The lowest BCUT2D eigenvalue weighted by atomic mass is 10.1. The topological polar surface area (TPSA) is 95.2 Å². The summed E-state index contributed by atoms with van der Waals surface area (Å²) in [5.41, 5.74) is 0.967. The minimum atomic E-state index is -3.67. The van der Waals surface area contributed by atoms with Crippen molar-refractivity contribution in [1.82, 2.24) is 19.8 Å². The molecule has 2 heterocycles. The van der Waals surface area contributed by atoms with Crippen LogP contribution in [-0.2, 0) is 14.8 Å². The Kier molecular flexibility index (Phi) is 4.96. The molecule has 1 aliphatic heterocycles. The molecule has 0 spiro atoms. The molecule has 1 saturated carbocycles. The maximum Gasteiger partial charge on any atom is 0.244 e. The van der Waals surface area contributed by atoms with Crippen LogP contribution in [0.3, 0.4) is 0 Å². The quantitative estimate of drug-likeness (QED) is 0.803. The molecule has 1 aromatic heterocycles. The maximum absolute atomic E-state index is 12.6. The van der Waals surface area contributed by atoms with Crippen LogP contribution in [0.25, 0.3) is 0 Å². The first-order valence-corrected chi connectivity index (χ1v) is 10.2. The predicted octanol–water partition coefficient (Wildman–Crippen LogP) is 1.63. The summed E-state index contributed by atoms with van der Waals surface area (Å²) in [6.07, 6.45) is 7.07. The zero-order valence-corrected chi connectivity index (χ0v) is 15.2. The third-order valence-corrected chi connectivity index (χ3v) is 6.86. The van der Waals surface area contributed by atoms with Gasteiger partial charge in [0.2, 0.25) is 15.9 Å². The van der Waals surface area contributed by atoms with E-state index >= 15 is 0 Å². The summed E-state index contributed by atoms with van der Waals surface area (Å²) in [4.78, 5) is 14.5. The smallest absolute Gasteiger partial charge is 0.244 e. The molecule has 1 aromatic rings. The van der Waals surface area contributed by atoms with Crippen LogP contribution in [-0.4, -0.2) is 48.1 Å². The van der Waals surface area contributed by atoms with Crippen LogP contribution >= 0.6 is 0 Å². The highest BCUT2D eigenvalue weighted by atomic mass is 32.2. The van der Waals surface area contributed by atoms with Crippen LogP contribution < -0.4 is 4.72 Å². The van der Waals surface area contributed by atoms with Crippen molar-refractivity contribution in [3.63, 3.8) is 0 Å². The number of carbonyl (C=O) groups excluding carboxylic acids is 1. The highest BCUT2D eigenvalue weighted by Gasteiger charge is 2.37. The molecule has 2 aliphatic rings. The molecule has 7 nitrogen and oxygen atoms in total. The fraction of sp³-hybridized carbons (Fsp3) is 0.750. The van der Waals surface area contributed by atoms with Crippen molar-refractivity contribution in [3.05, 3.63) is 11.4 Å². The number of nitrogens with zero attached hydrogens (tertiary/aromatic N) is 2. The molecule has 2 N–H and O–H groups in total. The van der Waals surface area contributed by atoms with E-state index in [-0.39, 0.29) is 29.3 Å². The Morgan fingerprint density at radius 3 is 2.42 bits per heavy atom. The first-order valence-electron chi connectivity index (χ1n) is 8.72. The molecule has 1 saturated heterocycles. The Hall–Kier alpha value is -1.41. The molecule has 0 bridgehead atoms. The Morgan fingerprint density at radius 1 is 1.17 bits per heavy atom. The van der Waals surface area contributed by atoms with Gasteiger partial charge in [-0.05, 0) is 26.7 Å². The van der Waals surface area contributed by atoms with E-state index in [4.69, 9.17) is 0 Å². The van der Waals surface area contributed by atoms with Crippen molar-refractivity contribution >= 4 is 15.9 Å². The number of carbonyl (C=O) groups is 1. The van der Waals surface area contributed by atoms with Crippen molar-refractivity contribution in [3.8, 4) is 0 Å². The summed E-state index contributed by atoms with van der Waals surface area (Å²) in [5, 5.41) is 6.65. The number of aromatic nitrogens is 2. The largest absolute Gasteiger partial charge is 0.338 e. The molecule has 24 heavy (non-hydrogen) atoms. The van der Waals surface area contributed by atoms with Gasteiger partial charge in [-0.2, -0.15) is 5.10 Å². The molecule has 8 heteroatoms. The molecule has 0 aromatic carbocycles. The van der Waals surface area contributed by atoms with E-state index in [0.717, 1.165) is 25.7 Å². The van der Waals surface area contributed by atoms with Crippen LogP contribution in [0.1, 0.15) is 56.3 Å². The lowest BCUT2D eigenvalue weighted by molar-refractivity contribution is -0.129. The number of hydrogen-bond donors (Lipinski definition) is 2. The monoisotopic (exact) mass is 354 g/mol. The van der Waals surface area contributed by atoms with Gasteiger partial charge in [0, 0.05) is 25.0 Å². The minimum absolute atomic E-state index is 0.0650. The molecular weight excluding hydrogens is 328 g/mol. The maximum atomic E-state index is 12.6. The summed E-state index contributed by atoms with van der Waals surface area (Å²) in [6, 6.07) is -0.0913. The average molecular weight is 354 g/mol. The lowest BCUT2D eigenvalue weighted by Gasteiger charge is -2.27. The van der Waals surface area contributed by atoms with E-state index in [1.54, 1.807) is 13.8 Å². The highest BCUT2D eigenvalue weighted by Crippen LogP contribution is 2.27. The van der Waals surface area contributed by atoms with Gasteiger partial charge in [0.25, 0.3) is 0 Å². The van der Waals surface area contributed by atoms with Crippen LogP contribution in [0.5, 0.6) is 0 Å². The fourth-order valence-electron chi connectivity index (χ4n) is 3.95. The van der Waals surface area contributed by atoms with Crippen molar-refractivity contribution in [2.75, 3.05) is 6.54 Å². The number of likely N-dealkylation sites (tertiary alicyclic amines) is 1. The van der Waals surface area contributed by atoms with Crippen LogP contribution in [0.2, 0.25) is 0 Å². The number of hydrogen-bond acceptors (Lipinski definition) is 4. The van der Waals surface area contributed by atoms with Gasteiger partial charge < -0.3 is 4.90 Å². The summed E-state index contributed by atoms with van der Waals surface area (Å²) in [6.45, 7) is 3.82. The van der Waals surface area contributed by atoms with E-state index in [0.29, 0.717) is 17.9 Å². The number of amides is 1. The second-order valence-electron chi connectivity index (χ2n) is 6.98. The zero-order chi connectivity index (χ0) is 17.3. The summed E-state index contributed by atoms with van der Waals surface area (Å²) < 4.78 is 28.0. The Morgan fingerprint density at radius 2 is 1.83 bits per heavy atom. The highest BCUT2D eigenvalue weighted by molar-refractivity contribution is 7.89. The standard InChI is InChI=1S/C16H26N4O3S/c1-11-16(12(2)18-17-11)24(22,23)19-13-9-15(21)20(10-13)14-7-5-3-4-6-8-14/h13-14,19H,3-10H2,1-2H3,(H,17,18). The molecule has 1 amide bonds. The van der Waals surface area contributed by atoms with Crippen LogP contribution in [0.4, 0.5) is 0 Å². The molecular formula is C16H26N4O3S. The third-order valence-electron chi connectivity index (χ3n) is 5.07. The SMILES string of the molecule is Cc1n[nH]c(C)c1S(=O)(=O)NC1CC(=O)N(C2CCCCCC2)C1. The van der Waals surface area contributed by atoms with Gasteiger partial charge in [0.15, 0.2) is 0 Å². The van der Waals surface area contributed by atoms with E-state index in [1.165, 1.54) is 12.8 Å². The number of rotatable bonds is 4. The number of sulfonamides is 1. The number of aromatic amines is 1. The van der Waals surface area contributed by atoms with Crippen LogP contribution in [0.15, 0.2) is 4.90 Å². The summed E-state index contributed by atoms with van der Waals surface area (Å²) in [5.74, 6) is 0.0650. The molecule has 0 radical (unpaired) electrons. The molecule has 134 valence electrons. The summed E-state index contributed by atoms with van der Waals surface area (Å²) in [7, 11) is -3.67. The first-order chi connectivity index (χ1) is 11.4. The van der Waals surface area contributed by atoms with Crippen molar-refractivity contribution < 1.29 is 13.2 Å². The minimum Gasteiger partial charge on any atom is -0.338 e. The van der Waals surface area contributed by atoms with Gasteiger partial charge in [0.05, 0.1) is 11.4 Å². The molecule has 2 fully saturated rings. The number of H-pyrrole nitrogens is 1. The zero-order valence-electron chi connectivity index (χ0n) is 14.3. The lowest BCUT2D eigenvalue weighted by Crippen LogP contribution is -2.40. The Bertz CT molecular complexity index is 685. The fourth-order valence-corrected chi connectivity index (χ4v) is 5.55. The number of nitrogens with one attached hydrogen (secondary N) is 2. The summed E-state index contributed by atoms with van der Waals surface area (Å²) >= 11 is 0. The van der Waals surface area contributed by atoms with E-state index in [2.05, 4.69) is 14.9 Å². The van der Waals surface area contributed by atoms with Gasteiger partial charge in [-0.15, -0.1) is 0 Å². The Balaban J connectivity index is 1.70. The normalized spacial score (nSPS) is 23.7. The second-order valence-corrected chi connectivity index (χ2v) is 8.63. The van der Waals surface area contributed by atoms with Crippen LogP contribution in [0, 0.1) is 13.8 Å². The molecule has 1 atom stereocenters. The third kappa shape index (κ3) is 3.49. The van der Waals surface area contributed by atoms with Gasteiger partial charge in [-0.25, -0.2) is 13.1 Å². The van der Waals surface area contributed by atoms with Crippen molar-refractivity contribution in [1.29, 1.82) is 0 Å². The predicted molar refractivity (Wildman–Crippen MR) is 90.0 cm³/mol. The van der Waals surface area contributed by atoms with Gasteiger partial charge in [0.1, 0.15) is 4.90 Å². The second kappa shape index (κ2) is 6.84. The molecule has 1 unspecified atom stereocenters. The molecule has 3 rings (SSSR count). The van der Waals surface area contributed by atoms with Gasteiger partial charge in [-0.3, -0.25) is 9.89 Å². The molecule has 1 aliphatic carbocycles. The van der Waals surface area contributed by atoms with Crippen molar-refractivity contribution in [2.24, 2.45) is 0 Å². The van der Waals surface area contributed by atoms with E-state index in [1.807, 2.05) is 4.90 Å². The first kappa shape index (κ1) is 17.4. The van der Waals surface area contributed by atoms with Crippen molar-refractivity contribution in [2.45, 2.75) is 75.8 Å². The van der Waals surface area contributed by atoms with E-state index in [9.17, 15) is 13.2 Å². The number of aryl methyl sites for hydroxylation is 2. The van der Waals surface area contributed by atoms with E-state index < -0.39 is 10.0 Å².